The zero-order chi connectivity index (χ0) is 14.3. The van der Waals surface area contributed by atoms with Crippen LogP contribution >= 0.6 is 0 Å². The van der Waals surface area contributed by atoms with Gasteiger partial charge in [-0.1, -0.05) is 24.8 Å². The molecule has 0 fully saturated rings. The number of rotatable bonds is 4. The van der Waals surface area contributed by atoms with Crippen LogP contribution in [0.2, 0.25) is 0 Å². The zero-order valence-corrected chi connectivity index (χ0v) is 10.4. The molecule has 0 saturated heterocycles. The molecule has 5 heteroatoms. The first-order valence-electron chi connectivity index (χ1n) is 5.69. The summed E-state index contributed by atoms with van der Waals surface area (Å²) in [6.07, 6.45) is 3.99. The summed E-state index contributed by atoms with van der Waals surface area (Å²) in [6.45, 7) is 3.11. The van der Waals surface area contributed by atoms with Crippen LogP contribution in [0, 0.1) is 0 Å². The van der Waals surface area contributed by atoms with Crippen molar-refractivity contribution < 1.29 is 14.7 Å². The highest BCUT2D eigenvalue weighted by Gasteiger charge is 2.14. The summed E-state index contributed by atoms with van der Waals surface area (Å²) in [5.74, 6) is -0.972. The molecule has 0 spiro atoms. The molecule has 19 heavy (non-hydrogen) atoms. The standard InChI is InChI=1S/C11H12N2O2.C3H4O/c12-9(11(14)15)5-7-6-13-10-4-2-1-3-8(7)10;1-2-3-4/h1-4,6,9,13H,5,12H2,(H,14,15);2-3H,1H2. The van der Waals surface area contributed by atoms with Crippen LogP contribution in [0.3, 0.4) is 0 Å². The molecule has 2 aromatic rings. The summed E-state index contributed by atoms with van der Waals surface area (Å²) in [5, 5.41) is 9.75. The van der Waals surface area contributed by atoms with E-state index < -0.39 is 12.0 Å². The summed E-state index contributed by atoms with van der Waals surface area (Å²) >= 11 is 0. The Bertz CT molecular complexity index is 569. The number of carbonyl (C=O) groups is 2. The Hall–Kier alpha value is -2.40. The first-order chi connectivity index (χ1) is 9.10. The fraction of sp³-hybridized carbons (Fsp3) is 0.143. The number of nitrogens with one attached hydrogen (secondary N) is 1. The van der Waals surface area contributed by atoms with Gasteiger partial charge >= 0.3 is 5.97 Å². The Kier molecular flexibility index (Phi) is 5.50. The second-order valence-corrected chi connectivity index (χ2v) is 3.88. The maximum absolute atomic E-state index is 10.6. The van der Waals surface area contributed by atoms with Crippen LogP contribution in [-0.4, -0.2) is 28.4 Å². The van der Waals surface area contributed by atoms with Crippen LogP contribution < -0.4 is 5.73 Å². The van der Waals surface area contributed by atoms with Crippen molar-refractivity contribution in [2.75, 3.05) is 0 Å². The Labute approximate surface area is 110 Å². The van der Waals surface area contributed by atoms with Gasteiger partial charge in [0.25, 0.3) is 0 Å². The quantitative estimate of drug-likeness (QED) is 0.573. The van der Waals surface area contributed by atoms with Gasteiger partial charge in [0, 0.05) is 23.5 Å². The highest BCUT2D eigenvalue weighted by Crippen LogP contribution is 2.18. The van der Waals surface area contributed by atoms with Crippen molar-refractivity contribution in [3.63, 3.8) is 0 Å². The van der Waals surface area contributed by atoms with Crippen LogP contribution in [0.25, 0.3) is 10.9 Å². The monoisotopic (exact) mass is 260 g/mol. The number of benzene rings is 1. The van der Waals surface area contributed by atoms with Crippen molar-refractivity contribution in [2.45, 2.75) is 12.5 Å². The van der Waals surface area contributed by atoms with E-state index in [0.717, 1.165) is 16.5 Å². The van der Waals surface area contributed by atoms with Crippen molar-refractivity contribution >= 4 is 23.2 Å². The van der Waals surface area contributed by atoms with E-state index in [-0.39, 0.29) is 0 Å². The molecule has 0 saturated carbocycles. The van der Waals surface area contributed by atoms with E-state index in [9.17, 15) is 4.79 Å². The number of aldehydes is 1. The van der Waals surface area contributed by atoms with E-state index in [2.05, 4.69) is 11.6 Å². The minimum Gasteiger partial charge on any atom is -0.480 e. The van der Waals surface area contributed by atoms with Gasteiger partial charge in [0.05, 0.1) is 0 Å². The summed E-state index contributed by atoms with van der Waals surface area (Å²) in [5.41, 5.74) is 7.43. The number of carbonyl (C=O) groups excluding carboxylic acids is 1. The third-order valence-corrected chi connectivity index (χ3v) is 2.53. The minimum absolute atomic E-state index is 0.347. The van der Waals surface area contributed by atoms with Crippen molar-refractivity contribution in [3.8, 4) is 0 Å². The number of fused-ring (bicyclic) bond motifs is 1. The van der Waals surface area contributed by atoms with E-state index in [0.29, 0.717) is 12.7 Å². The SMILES string of the molecule is C=CC=O.NC(Cc1c[nH]c2ccccc12)C(=O)O. The second-order valence-electron chi connectivity index (χ2n) is 3.88. The number of carboxylic acids is 1. The predicted octanol–water partition coefficient (Wildman–Crippen LogP) is 1.49. The van der Waals surface area contributed by atoms with Gasteiger partial charge in [0.2, 0.25) is 0 Å². The van der Waals surface area contributed by atoms with Gasteiger partial charge in [-0.3, -0.25) is 9.59 Å². The molecule has 0 bridgehead atoms. The molecule has 1 heterocycles. The number of para-hydroxylation sites is 1. The lowest BCUT2D eigenvalue weighted by atomic mass is 10.1. The van der Waals surface area contributed by atoms with Gasteiger partial charge in [0.1, 0.15) is 12.3 Å². The lowest BCUT2D eigenvalue weighted by Gasteiger charge is -2.04. The molecular formula is C14H16N2O3. The largest absolute Gasteiger partial charge is 0.480 e. The van der Waals surface area contributed by atoms with Crippen LogP contribution in [0.4, 0.5) is 0 Å². The van der Waals surface area contributed by atoms with Crippen molar-refractivity contribution in [1.29, 1.82) is 0 Å². The Morgan fingerprint density at radius 2 is 2.11 bits per heavy atom. The maximum atomic E-state index is 10.6. The number of nitrogens with two attached hydrogens (primary N) is 1. The average Bonchev–Trinajstić information content (AvgIpc) is 2.82. The molecule has 100 valence electrons. The lowest BCUT2D eigenvalue weighted by molar-refractivity contribution is -0.138. The summed E-state index contributed by atoms with van der Waals surface area (Å²) in [7, 11) is 0. The van der Waals surface area contributed by atoms with Crippen molar-refractivity contribution in [1.82, 2.24) is 4.98 Å². The average molecular weight is 260 g/mol. The van der Waals surface area contributed by atoms with Crippen molar-refractivity contribution in [2.24, 2.45) is 5.73 Å². The number of hydrogen-bond acceptors (Lipinski definition) is 3. The molecule has 1 atom stereocenters. The molecule has 0 aliphatic rings. The van der Waals surface area contributed by atoms with Crippen LogP contribution in [0.5, 0.6) is 0 Å². The molecule has 4 N–H and O–H groups in total. The summed E-state index contributed by atoms with van der Waals surface area (Å²) in [6, 6.07) is 6.91. The lowest BCUT2D eigenvalue weighted by Crippen LogP contribution is -2.32. The van der Waals surface area contributed by atoms with Gasteiger partial charge in [-0.05, 0) is 17.7 Å². The second kappa shape index (κ2) is 7.13. The van der Waals surface area contributed by atoms with Crippen LogP contribution in [0.1, 0.15) is 5.56 Å². The number of aromatic nitrogens is 1. The normalized spacial score (nSPS) is 11.2. The van der Waals surface area contributed by atoms with E-state index >= 15 is 0 Å². The summed E-state index contributed by atoms with van der Waals surface area (Å²) < 4.78 is 0. The Balaban J connectivity index is 0.000000399. The van der Waals surface area contributed by atoms with Gasteiger partial charge in [-0.2, -0.15) is 0 Å². The summed E-state index contributed by atoms with van der Waals surface area (Å²) in [4.78, 5) is 22.8. The van der Waals surface area contributed by atoms with Crippen molar-refractivity contribution in [3.05, 3.63) is 48.7 Å². The van der Waals surface area contributed by atoms with Gasteiger partial charge in [-0.25, -0.2) is 0 Å². The number of aliphatic carboxylic acids is 1. The zero-order valence-electron chi connectivity index (χ0n) is 10.4. The fourth-order valence-electron chi connectivity index (χ4n) is 1.62. The smallest absolute Gasteiger partial charge is 0.320 e. The van der Waals surface area contributed by atoms with Crippen LogP contribution in [-0.2, 0) is 16.0 Å². The molecule has 5 nitrogen and oxygen atoms in total. The Morgan fingerprint density at radius 3 is 2.68 bits per heavy atom. The molecule has 2 rings (SSSR count). The molecule has 0 amide bonds. The predicted molar refractivity (Wildman–Crippen MR) is 73.9 cm³/mol. The number of aromatic amines is 1. The molecule has 0 aliphatic carbocycles. The van der Waals surface area contributed by atoms with Gasteiger partial charge < -0.3 is 15.8 Å². The van der Waals surface area contributed by atoms with E-state index in [1.165, 1.54) is 6.08 Å². The molecule has 0 aliphatic heterocycles. The highest BCUT2D eigenvalue weighted by atomic mass is 16.4. The first kappa shape index (κ1) is 14.7. The number of allylic oxidation sites excluding steroid dienone is 1. The van der Waals surface area contributed by atoms with Gasteiger partial charge in [-0.15, -0.1) is 0 Å². The van der Waals surface area contributed by atoms with E-state index in [1.54, 1.807) is 0 Å². The first-order valence-corrected chi connectivity index (χ1v) is 5.69. The third kappa shape index (κ3) is 4.08. The number of carboxylic acid groups (broad SMARTS) is 1. The number of hydrogen-bond donors (Lipinski definition) is 3. The molecule has 0 radical (unpaired) electrons. The fourth-order valence-corrected chi connectivity index (χ4v) is 1.62. The number of H-pyrrole nitrogens is 1. The van der Waals surface area contributed by atoms with Crippen LogP contribution in [0.15, 0.2) is 43.1 Å². The van der Waals surface area contributed by atoms with E-state index in [4.69, 9.17) is 15.6 Å². The molecule has 1 unspecified atom stereocenters. The Morgan fingerprint density at radius 1 is 1.47 bits per heavy atom. The minimum atomic E-state index is -0.972. The molecule has 1 aromatic carbocycles. The molecule has 1 aromatic heterocycles. The maximum Gasteiger partial charge on any atom is 0.320 e. The van der Waals surface area contributed by atoms with E-state index in [1.807, 2.05) is 30.5 Å². The topological polar surface area (TPSA) is 96.2 Å². The highest BCUT2D eigenvalue weighted by molar-refractivity contribution is 5.84. The third-order valence-electron chi connectivity index (χ3n) is 2.53. The van der Waals surface area contributed by atoms with Gasteiger partial charge in [0.15, 0.2) is 0 Å². The molecular weight excluding hydrogens is 244 g/mol.